The fourth-order valence-corrected chi connectivity index (χ4v) is 1.10. The van der Waals surface area contributed by atoms with E-state index in [1.807, 2.05) is 25.1 Å². The molecule has 15 heavy (non-hydrogen) atoms. The van der Waals surface area contributed by atoms with Gasteiger partial charge in [0.2, 0.25) is 0 Å². The molecule has 0 aliphatic rings. The first kappa shape index (κ1) is 13.8. The van der Waals surface area contributed by atoms with E-state index in [0.29, 0.717) is 0 Å². The summed E-state index contributed by atoms with van der Waals surface area (Å²) in [7, 11) is 1.38. The molecule has 0 bridgehead atoms. The number of nitrogens with one attached hydrogen (secondary N) is 1. The number of hydrogen-bond donors (Lipinski definition) is 1. The van der Waals surface area contributed by atoms with E-state index in [9.17, 15) is 4.79 Å². The van der Waals surface area contributed by atoms with E-state index in [1.165, 1.54) is 18.2 Å². The zero-order valence-electron chi connectivity index (χ0n) is 9.16. The third-order valence-corrected chi connectivity index (χ3v) is 2.17. The van der Waals surface area contributed by atoms with Gasteiger partial charge in [0.05, 0.1) is 7.11 Å². The van der Waals surface area contributed by atoms with Gasteiger partial charge in [-0.1, -0.05) is 6.07 Å². The molecule has 0 saturated carbocycles. The molecule has 0 amide bonds. The molecule has 0 aromatic heterocycles. The lowest BCUT2D eigenvalue weighted by atomic mass is 10.1. The van der Waals surface area contributed by atoms with Crippen LogP contribution in [0.15, 0.2) is 18.2 Å². The highest BCUT2D eigenvalue weighted by Crippen LogP contribution is 2.13. The Hall–Kier alpha value is -1.22. The van der Waals surface area contributed by atoms with Crippen molar-refractivity contribution in [1.82, 2.24) is 0 Å². The van der Waals surface area contributed by atoms with Crippen LogP contribution >= 0.6 is 12.4 Å². The Kier molecular flexibility index (Phi) is 5.79. The molecule has 0 aliphatic carbocycles. The van der Waals surface area contributed by atoms with Crippen LogP contribution in [0.5, 0.6) is 0 Å². The van der Waals surface area contributed by atoms with Gasteiger partial charge in [0, 0.05) is 5.69 Å². The minimum atomic E-state index is -0.261. The van der Waals surface area contributed by atoms with E-state index in [0.717, 1.165) is 5.69 Å². The first-order chi connectivity index (χ1) is 6.63. The zero-order chi connectivity index (χ0) is 10.6. The average molecular weight is 230 g/mol. The van der Waals surface area contributed by atoms with Crippen molar-refractivity contribution in [3.63, 3.8) is 0 Å². The second-order valence-electron chi connectivity index (χ2n) is 3.23. The van der Waals surface area contributed by atoms with Crippen molar-refractivity contribution in [2.75, 3.05) is 19.0 Å². The van der Waals surface area contributed by atoms with Gasteiger partial charge in [0.25, 0.3) is 0 Å². The molecule has 4 heteroatoms. The number of halogens is 1. The smallest absolute Gasteiger partial charge is 0.325 e. The Morgan fingerprint density at radius 2 is 2.00 bits per heavy atom. The van der Waals surface area contributed by atoms with Crippen molar-refractivity contribution < 1.29 is 9.53 Å². The summed E-state index contributed by atoms with van der Waals surface area (Å²) in [6.07, 6.45) is 0. The second-order valence-corrected chi connectivity index (χ2v) is 3.23. The minimum Gasteiger partial charge on any atom is -0.468 e. The van der Waals surface area contributed by atoms with Crippen LogP contribution in [0.2, 0.25) is 0 Å². The van der Waals surface area contributed by atoms with Crippen molar-refractivity contribution in [3.8, 4) is 0 Å². The summed E-state index contributed by atoms with van der Waals surface area (Å²) in [6, 6.07) is 5.98. The van der Waals surface area contributed by atoms with E-state index >= 15 is 0 Å². The number of aryl methyl sites for hydroxylation is 2. The molecule has 0 heterocycles. The lowest BCUT2D eigenvalue weighted by Gasteiger charge is -2.07. The molecular formula is C11H16ClNO2. The van der Waals surface area contributed by atoms with E-state index in [1.54, 1.807) is 0 Å². The van der Waals surface area contributed by atoms with Crippen LogP contribution in [0.1, 0.15) is 11.1 Å². The monoisotopic (exact) mass is 229 g/mol. The Balaban J connectivity index is 0.00000196. The van der Waals surface area contributed by atoms with Crippen LogP contribution < -0.4 is 5.32 Å². The van der Waals surface area contributed by atoms with Crippen molar-refractivity contribution in [2.24, 2.45) is 0 Å². The van der Waals surface area contributed by atoms with E-state index in [2.05, 4.69) is 17.0 Å². The van der Waals surface area contributed by atoms with Crippen molar-refractivity contribution >= 4 is 24.1 Å². The van der Waals surface area contributed by atoms with E-state index in [-0.39, 0.29) is 24.9 Å². The van der Waals surface area contributed by atoms with Crippen LogP contribution in [-0.2, 0) is 9.53 Å². The van der Waals surface area contributed by atoms with Gasteiger partial charge in [0.15, 0.2) is 0 Å². The standard InChI is InChI=1S/C11H15NO2.ClH/c1-8-4-5-10(6-9(8)2)12-7-11(13)14-3;/h4-6,12H,7H2,1-3H3;1H. The average Bonchev–Trinajstić information content (AvgIpc) is 2.19. The van der Waals surface area contributed by atoms with Gasteiger partial charge in [-0.15, -0.1) is 12.4 Å². The minimum absolute atomic E-state index is 0. The summed E-state index contributed by atoms with van der Waals surface area (Å²) < 4.78 is 4.52. The van der Waals surface area contributed by atoms with Gasteiger partial charge in [-0.3, -0.25) is 4.79 Å². The molecule has 84 valence electrons. The number of benzene rings is 1. The van der Waals surface area contributed by atoms with Crippen molar-refractivity contribution in [1.29, 1.82) is 0 Å². The number of esters is 1. The molecule has 0 fully saturated rings. The maximum atomic E-state index is 10.9. The number of methoxy groups -OCH3 is 1. The molecule has 0 unspecified atom stereocenters. The second kappa shape index (κ2) is 6.30. The highest BCUT2D eigenvalue weighted by molar-refractivity contribution is 5.85. The molecule has 0 saturated heterocycles. The molecule has 1 N–H and O–H groups in total. The normalized spacial score (nSPS) is 9.00. The fourth-order valence-electron chi connectivity index (χ4n) is 1.10. The Labute approximate surface area is 96.2 Å². The number of carbonyl (C=O) groups is 1. The van der Waals surface area contributed by atoms with Gasteiger partial charge < -0.3 is 10.1 Å². The summed E-state index contributed by atoms with van der Waals surface area (Å²) in [6.45, 7) is 4.30. The topological polar surface area (TPSA) is 38.3 Å². The summed E-state index contributed by atoms with van der Waals surface area (Å²) in [4.78, 5) is 10.9. The predicted molar refractivity (Wildman–Crippen MR) is 63.7 cm³/mol. The first-order valence-corrected chi connectivity index (χ1v) is 4.51. The van der Waals surface area contributed by atoms with Crippen LogP contribution in [0.25, 0.3) is 0 Å². The number of ether oxygens (including phenoxy) is 1. The predicted octanol–water partition coefficient (Wildman–Crippen LogP) is 2.31. The van der Waals surface area contributed by atoms with E-state index < -0.39 is 0 Å². The van der Waals surface area contributed by atoms with Crippen LogP contribution in [-0.4, -0.2) is 19.6 Å². The number of carbonyl (C=O) groups excluding carboxylic acids is 1. The molecule has 1 aromatic carbocycles. The molecule has 1 aromatic rings. The molecule has 0 atom stereocenters. The van der Waals surface area contributed by atoms with E-state index in [4.69, 9.17) is 0 Å². The lowest BCUT2D eigenvalue weighted by Crippen LogP contribution is -2.14. The summed E-state index contributed by atoms with van der Waals surface area (Å²) in [5, 5.41) is 2.99. The van der Waals surface area contributed by atoms with Gasteiger partial charge in [-0.05, 0) is 37.1 Å². The van der Waals surface area contributed by atoms with Crippen molar-refractivity contribution in [3.05, 3.63) is 29.3 Å². The number of anilines is 1. The maximum absolute atomic E-state index is 10.9. The zero-order valence-corrected chi connectivity index (χ0v) is 9.98. The summed E-state index contributed by atoms with van der Waals surface area (Å²) in [5.74, 6) is -0.261. The first-order valence-electron chi connectivity index (χ1n) is 4.51. The number of hydrogen-bond acceptors (Lipinski definition) is 3. The van der Waals surface area contributed by atoms with Gasteiger partial charge in [0.1, 0.15) is 6.54 Å². The highest BCUT2D eigenvalue weighted by Gasteiger charge is 2.00. The largest absolute Gasteiger partial charge is 0.468 e. The summed E-state index contributed by atoms with van der Waals surface area (Å²) >= 11 is 0. The molecule has 0 spiro atoms. The summed E-state index contributed by atoms with van der Waals surface area (Å²) in [5.41, 5.74) is 3.40. The van der Waals surface area contributed by atoms with Gasteiger partial charge in [-0.2, -0.15) is 0 Å². The molecule has 3 nitrogen and oxygen atoms in total. The SMILES string of the molecule is COC(=O)CNc1ccc(C)c(C)c1.Cl. The molecular weight excluding hydrogens is 214 g/mol. The molecule has 1 rings (SSSR count). The number of rotatable bonds is 3. The third-order valence-electron chi connectivity index (χ3n) is 2.17. The van der Waals surface area contributed by atoms with Gasteiger partial charge in [-0.25, -0.2) is 0 Å². The van der Waals surface area contributed by atoms with Crippen LogP contribution in [0.4, 0.5) is 5.69 Å². The highest BCUT2D eigenvalue weighted by atomic mass is 35.5. The third kappa shape index (κ3) is 4.21. The van der Waals surface area contributed by atoms with Crippen LogP contribution in [0, 0.1) is 13.8 Å². The lowest BCUT2D eigenvalue weighted by molar-refractivity contribution is -0.138. The maximum Gasteiger partial charge on any atom is 0.325 e. The van der Waals surface area contributed by atoms with Crippen LogP contribution in [0.3, 0.4) is 0 Å². The Bertz CT molecular complexity index is 339. The quantitative estimate of drug-likeness (QED) is 0.809. The van der Waals surface area contributed by atoms with Crippen molar-refractivity contribution in [2.45, 2.75) is 13.8 Å². The fraction of sp³-hybridized carbons (Fsp3) is 0.364. The molecule has 0 radical (unpaired) electrons. The Morgan fingerprint density at radius 3 is 2.53 bits per heavy atom. The Morgan fingerprint density at radius 1 is 1.33 bits per heavy atom. The molecule has 0 aliphatic heterocycles. The van der Waals surface area contributed by atoms with Gasteiger partial charge >= 0.3 is 5.97 Å².